The van der Waals surface area contributed by atoms with Gasteiger partial charge in [0.05, 0.1) is 13.0 Å². The topological polar surface area (TPSA) is 38.3 Å². The van der Waals surface area contributed by atoms with Crippen molar-refractivity contribution in [2.75, 3.05) is 19.7 Å². The van der Waals surface area contributed by atoms with Crippen molar-refractivity contribution in [3.05, 3.63) is 71.0 Å². The number of carbonyl (C=O) groups excluding carboxylic acids is 1. The molecule has 0 aromatic heterocycles. The third-order valence-corrected chi connectivity index (χ3v) is 4.43. The van der Waals surface area contributed by atoms with Crippen LogP contribution in [0.25, 0.3) is 0 Å². The first kappa shape index (κ1) is 16.7. The molecular formula is C20H22FNO2. The van der Waals surface area contributed by atoms with E-state index in [1.165, 1.54) is 24.1 Å². The highest BCUT2D eigenvalue weighted by Crippen LogP contribution is 2.22. The maximum Gasteiger partial charge on any atom is 0.310 e. The maximum absolute atomic E-state index is 12.8. The zero-order chi connectivity index (χ0) is 16.8. The third-order valence-electron chi connectivity index (χ3n) is 4.43. The van der Waals surface area contributed by atoms with Gasteiger partial charge in [0.1, 0.15) is 5.82 Å². The zero-order valence-corrected chi connectivity index (χ0v) is 13.6. The van der Waals surface area contributed by atoms with Gasteiger partial charge in [-0.15, -0.1) is 0 Å². The molecule has 0 radical (unpaired) electrons. The van der Waals surface area contributed by atoms with Crippen molar-refractivity contribution in [3.63, 3.8) is 0 Å². The number of hydrogen-bond donors (Lipinski definition) is 1. The van der Waals surface area contributed by atoms with Gasteiger partial charge in [-0.25, -0.2) is 4.39 Å². The van der Waals surface area contributed by atoms with E-state index < -0.39 is 0 Å². The molecule has 0 bridgehead atoms. The first-order valence-corrected chi connectivity index (χ1v) is 8.40. The summed E-state index contributed by atoms with van der Waals surface area (Å²) < 4.78 is 18.1. The number of ether oxygens (including phenoxy) is 1. The predicted octanol–water partition coefficient (Wildman–Crippen LogP) is 3.23. The van der Waals surface area contributed by atoms with Crippen molar-refractivity contribution in [1.82, 2.24) is 5.32 Å². The Balaban J connectivity index is 1.43. The number of nitrogens with one attached hydrogen (secondary N) is 1. The predicted molar refractivity (Wildman–Crippen MR) is 91.4 cm³/mol. The van der Waals surface area contributed by atoms with Gasteiger partial charge in [-0.2, -0.15) is 0 Å². The molecule has 1 unspecified atom stereocenters. The summed E-state index contributed by atoms with van der Waals surface area (Å²) in [7, 11) is 0. The van der Waals surface area contributed by atoms with Crippen molar-refractivity contribution in [1.29, 1.82) is 0 Å². The number of esters is 1. The minimum Gasteiger partial charge on any atom is -0.465 e. The average Bonchev–Trinajstić information content (AvgIpc) is 3.12. The Hall–Kier alpha value is -2.20. The normalized spacial score (nSPS) is 17.0. The summed E-state index contributed by atoms with van der Waals surface area (Å²) in [5, 5.41) is 3.36. The van der Waals surface area contributed by atoms with E-state index in [0.29, 0.717) is 18.9 Å². The molecule has 0 saturated carbocycles. The van der Waals surface area contributed by atoms with E-state index in [0.717, 1.165) is 24.2 Å². The second-order valence-electron chi connectivity index (χ2n) is 6.21. The molecule has 2 aromatic carbocycles. The summed E-state index contributed by atoms with van der Waals surface area (Å²) in [5.74, 6) is 0.0988. The standard InChI is InChI=1S/C20H22FNO2/c21-19-7-3-15(4-8-19)10-12-24-20(23)13-16-1-5-17(6-2-16)18-9-11-22-14-18/h1-8,18,22H,9-14H2. The summed E-state index contributed by atoms with van der Waals surface area (Å²) in [5.41, 5.74) is 3.25. The Bertz CT molecular complexity index is 661. The second-order valence-corrected chi connectivity index (χ2v) is 6.21. The monoisotopic (exact) mass is 327 g/mol. The van der Waals surface area contributed by atoms with E-state index in [-0.39, 0.29) is 18.2 Å². The van der Waals surface area contributed by atoms with Crippen LogP contribution >= 0.6 is 0 Å². The highest BCUT2D eigenvalue weighted by atomic mass is 19.1. The van der Waals surface area contributed by atoms with Crippen molar-refractivity contribution in [2.45, 2.75) is 25.2 Å². The largest absolute Gasteiger partial charge is 0.465 e. The fraction of sp³-hybridized carbons (Fsp3) is 0.350. The lowest BCUT2D eigenvalue weighted by molar-refractivity contribution is -0.142. The molecule has 1 atom stereocenters. The lowest BCUT2D eigenvalue weighted by Gasteiger charge is -2.10. The number of carbonyl (C=O) groups is 1. The SMILES string of the molecule is O=C(Cc1ccc(C2CCNC2)cc1)OCCc1ccc(F)cc1. The number of benzene rings is 2. The van der Waals surface area contributed by atoms with E-state index in [2.05, 4.69) is 17.4 Å². The van der Waals surface area contributed by atoms with Gasteiger partial charge in [0, 0.05) is 13.0 Å². The summed E-state index contributed by atoms with van der Waals surface area (Å²) in [4.78, 5) is 11.9. The molecule has 3 rings (SSSR count). The lowest BCUT2D eigenvalue weighted by atomic mass is 9.97. The third kappa shape index (κ3) is 4.65. The van der Waals surface area contributed by atoms with Gasteiger partial charge in [0.15, 0.2) is 0 Å². The molecule has 0 amide bonds. The number of halogens is 1. The highest BCUT2D eigenvalue weighted by molar-refractivity contribution is 5.72. The van der Waals surface area contributed by atoms with Gasteiger partial charge in [0.2, 0.25) is 0 Å². The van der Waals surface area contributed by atoms with Crippen LogP contribution in [0.5, 0.6) is 0 Å². The first-order chi connectivity index (χ1) is 11.7. The Labute approximate surface area is 141 Å². The van der Waals surface area contributed by atoms with Crippen LogP contribution in [0.2, 0.25) is 0 Å². The number of hydrogen-bond acceptors (Lipinski definition) is 3. The van der Waals surface area contributed by atoms with Crippen LogP contribution in [0.1, 0.15) is 29.0 Å². The minimum absolute atomic E-state index is 0.229. The summed E-state index contributed by atoms with van der Waals surface area (Å²) in [6.45, 7) is 2.42. The quantitative estimate of drug-likeness (QED) is 0.828. The fourth-order valence-corrected chi connectivity index (χ4v) is 3.00. The Morgan fingerprint density at radius 3 is 2.46 bits per heavy atom. The molecule has 0 spiro atoms. The van der Waals surface area contributed by atoms with E-state index in [4.69, 9.17) is 4.74 Å². The van der Waals surface area contributed by atoms with E-state index in [1.54, 1.807) is 12.1 Å². The van der Waals surface area contributed by atoms with Crippen LogP contribution in [-0.4, -0.2) is 25.7 Å². The summed E-state index contributed by atoms with van der Waals surface area (Å²) in [6.07, 6.45) is 2.05. The van der Waals surface area contributed by atoms with E-state index in [1.807, 2.05) is 12.1 Å². The van der Waals surface area contributed by atoms with Crippen LogP contribution in [0.4, 0.5) is 4.39 Å². The molecule has 24 heavy (non-hydrogen) atoms. The lowest BCUT2D eigenvalue weighted by Crippen LogP contribution is -2.11. The Morgan fingerprint density at radius 2 is 1.79 bits per heavy atom. The molecule has 0 aliphatic carbocycles. The molecule has 4 heteroatoms. The molecule has 1 fully saturated rings. The van der Waals surface area contributed by atoms with Crippen LogP contribution in [0, 0.1) is 5.82 Å². The summed E-state index contributed by atoms with van der Waals surface area (Å²) in [6, 6.07) is 14.5. The zero-order valence-electron chi connectivity index (χ0n) is 13.6. The van der Waals surface area contributed by atoms with Gasteiger partial charge >= 0.3 is 5.97 Å². The van der Waals surface area contributed by atoms with Gasteiger partial charge in [-0.1, -0.05) is 36.4 Å². The van der Waals surface area contributed by atoms with Gasteiger partial charge < -0.3 is 10.1 Å². The van der Waals surface area contributed by atoms with Gasteiger partial charge in [-0.3, -0.25) is 4.79 Å². The Morgan fingerprint density at radius 1 is 1.08 bits per heavy atom. The average molecular weight is 327 g/mol. The molecule has 1 aliphatic rings. The first-order valence-electron chi connectivity index (χ1n) is 8.40. The van der Waals surface area contributed by atoms with Crippen molar-refractivity contribution in [2.24, 2.45) is 0 Å². The summed E-state index contributed by atoms with van der Waals surface area (Å²) >= 11 is 0. The van der Waals surface area contributed by atoms with Crippen molar-refractivity contribution in [3.8, 4) is 0 Å². The van der Waals surface area contributed by atoms with Crippen molar-refractivity contribution < 1.29 is 13.9 Å². The molecule has 1 saturated heterocycles. The Kier molecular flexibility index (Phi) is 5.59. The van der Waals surface area contributed by atoms with Crippen molar-refractivity contribution >= 4 is 5.97 Å². The van der Waals surface area contributed by atoms with E-state index >= 15 is 0 Å². The van der Waals surface area contributed by atoms with Gasteiger partial charge in [-0.05, 0) is 47.7 Å². The molecule has 3 nitrogen and oxygen atoms in total. The molecule has 2 aromatic rings. The van der Waals surface area contributed by atoms with E-state index in [9.17, 15) is 9.18 Å². The highest BCUT2D eigenvalue weighted by Gasteiger charge is 2.16. The molecular weight excluding hydrogens is 305 g/mol. The molecule has 126 valence electrons. The molecule has 1 aliphatic heterocycles. The van der Waals surface area contributed by atoms with Crippen LogP contribution < -0.4 is 5.32 Å². The van der Waals surface area contributed by atoms with Crippen LogP contribution in [0.3, 0.4) is 0 Å². The smallest absolute Gasteiger partial charge is 0.310 e. The molecule has 1 N–H and O–H groups in total. The fourth-order valence-electron chi connectivity index (χ4n) is 3.00. The minimum atomic E-state index is -0.257. The van der Waals surface area contributed by atoms with Gasteiger partial charge in [0.25, 0.3) is 0 Å². The van der Waals surface area contributed by atoms with Crippen LogP contribution in [0.15, 0.2) is 48.5 Å². The maximum atomic E-state index is 12.8. The molecule has 1 heterocycles. The van der Waals surface area contributed by atoms with Crippen LogP contribution in [-0.2, 0) is 22.4 Å². The second kappa shape index (κ2) is 8.06. The number of rotatable bonds is 6.